The molecule has 0 aliphatic heterocycles. The van der Waals surface area contributed by atoms with Crippen molar-refractivity contribution in [2.75, 3.05) is 5.75 Å². The van der Waals surface area contributed by atoms with Gasteiger partial charge in [-0.25, -0.2) is 0 Å². The Morgan fingerprint density at radius 3 is 2.29 bits per heavy atom. The van der Waals surface area contributed by atoms with E-state index in [0.717, 1.165) is 5.75 Å². The first-order valence-electron chi connectivity index (χ1n) is 5.44. The van der Waals surface area contributed by atoms with Crippen molar-refractivity contribution < 1.29 is 0 Å². The van der Waals surface area contributed by atoms with Crippen molar-refractivity contribution in [2.45, 2.75) is 38.9 Å². The summed E-state index contributed by atoms with van der Waals surface area (Å²) in [6.07, 6.45) is 1.23. The Bertz CT molecular complexity index is 250. The second kappa shape index (κ2) is 6.13. The van der Waals surface area contributed by atoms with Gasteiger partial charge in [0.15, 0.2) is 0 Å². The van der Waals surface area contributed by atoms with E-state index in [1.54, 1.807) is 0 Å². The lowest BCUT2D eigenvalue weighted by molar-refractivity contribution is 0.733. The van der Waals surface area contributed by atoms with Crippen molar-refractivity contribution in [1.82, 2.24) is 0 Å². The molecule has 1 rings (SSSR count). The van der Waals surface area contributed by atoms with Crippen LogP contribution in [0.1, 0.15) is 44.2 Å². The number of hydrogen-bond acceptors (Lipinski definition) is 1. The molecule has 0 saturated carbocycles. The molecule has 0 radical (unpaired) electrons. The maximum atomic E-state index is 2.29. The average Bonchev–Trinajstić information content (AvgIpc) is 2.26. The monoisotopic (exact) mass is 208 g/mol. The molecule has 0 heterocycles. The van der Waals surface area contributed by atoms with E-state index in [0.29, 0.717) is 5.92 Å². The molecule has 78 valence electrons. The molecule has 0 fully saturated rings. The second-order valence-corrected chi connectivity index (χ2v) is 4.96. The van der Waals surface area contributed by atoms with Gasteiger partial charge >= 0.3 is 0 Å². The van der Waals surface area contributed by atoms with E-state index in [-0.39, 0.29) is 0 Å². The highest BCUT2D eigenvalue weighted by molar-refractivity contribution is 7.98. The smallest absolute Gasteiger partial charge is 0.0184 e. The van der Waals surface area contributed by atoms with Gasteiger partial charge in [0.25, 0.3) is 0 Å². The van der Waals surface area contributed by atoms with Crippen LogP contribution in [0, 0.1) is 0 Å². The Morgan fingerprint density at radius 2 is 1.79 bits per heavy atom. The summed E-state index contributed by atoms with van der Waals surface area (Å²) in [5.74, 6) is 3.05. The standard InChI is InChI=1S/C13H20S/c1-4-11(3)13-8-6-12(7-9-13)10-14-5-2/h6-9,11H,4-5,10H2,1-3H3. The van der Waals surface area contributed by atoms with Gasteiger partial charge < -0.3 is 0 Å². The van der Waals surface area contributed by atoms with Crippen molar-refractivity contribution in [3.05, 3.63) is 35.4 Å². The van der Waals surface area contributed by atoms with Crippen LogP contribution in [-0.2, 0) is 5.75 Å². The Balaban J connectivity index is 2.59. The topological polar surface area (TPSA) is 0 Å². The summed E-state index contributed by atoms with van der Waals surface area (Å²) in [6, 6.07) is 9.09. The lowest BCUT2D eigenvalue weighted by Crippen LogP contribution is -1.91. The maximum Gasteiger partial charge on any atom is 0.0184 e. The fraction of sp³-hybridized carbons (Fsp3) is 0.538. The predicted molar refractivity (Wildman–Crippen MR) is 67.0 cm³/mol. The molecule has 0 aliphatic carbocycles. The molecule has 0 aliphatic rings. The first kappa shape index (κ1) is 11.6. The van der Waals surface area contributed by atoms with Gasteiger partial charge in [-0.05, 0) is 29.2 Å². The van der Waals surface area contributed by atoms with E-state index in [2.05, 4.69) is 45.0 Å². The third-order valence-electron chi connectivity index (χ3n) is 2.63. The fourth-order valence-electron chi connectivity index (χ4n) is 1.40. The highest BCUT2D eigenvalue weighted by atomic mass is 32.2. The predicted octanol–water partition coefficient (Wildman–Crippen LogP) is 4.45. The van der Waals surface area contributed by atoms with Crippen LogP contribution in [-0.4, -0.2) is 5.75 Å². The third-order valence-corrected chi connectivity index (χ3v) is 3.58. The Morgan fingerprint density at radius 1 is 1.14 bits per heavy atom. The van der Waals surface area contributed by atoms with E-state index in [4.69, 9.17) is 0 Å². The Kier molecular flexibility index (Phi) is 5.10. The molecule has 0 nitrogen and oxygen atoms in total. The van der Waals surface area contributed by atoms with Crippen molar-refractivity contribution >= 4 is 11.8 Å². The van der Waals surface area contributed by atoms with Crippen molar-refractivity contribution in [1.29, 1.82) is 0 Å². The molecular weight excluding hydrogens is 188 g/mol. The summed E-state index contributed by atoms with van der Waals surface area (Å²) in [6.45, 7) is 6.74. The highest BCUT2D eigenvalue weighted by Crippen LogP contribution is 2.20. The first-order chi connectivity index (χ1) is 6.77. The van der Waals surface area contributed by atoms with Crippen LogP contribution in [0.25, 0.3) is 0 Å². The van der Waals surface area contributed by atoms with E-state index in [1.165, 1.54) is 23.3 Å². The van der Waals surface area contributed by atoms with Gasteiger partial charge in [0, 0.05) is 5.75 Å². The van der Waals surface area contributed by atoms with Crippen molar-refractivity contribution in [3.8, 4) is 0 Å². The number of hydrogen-bond donors (Lipinski definition) is 0. The molecule has 0 amide bonds. The van der Waals surface area contributed by atoms with Crippen LogP contribution in [0.15, 0.2) is 24.3 Å². The molecular formula is C13H20S. The SMILES string of the molecule is CCSCc1ccc(C(C)CC)cc1. The van der Waals surface area contributed by atoms with Crippen LogP contribution in [0.5, 0.6) is 0 Å². The molecule has 14 heavy (non-hydrogen) atoms. The van der Waals surface area contributed by atoms with Crippen molar-refractivity contribution in [3.63, 3.8) is 0 Å². The van der Waals surface area contributed by atoms with E-state index < -0.39 is 0 Å². The number of thioether (sulfide) groups is 1. The van der Waals surface area contributed by atoms with Gasteiger partial charge in [0.05, 0.1) is 0 Å². The second-order valence-electron chi connectivity index (χ2n) is 3.69. The third kappa shape index (κ3) is 3.38. The van der Waals surface area contributed by atoms with Crippen LogP contribution in [0.3, 0.4) is 0 Å². The summed E-state index contributed by atoms with van der Waals surface area (Å²) < 4.78 is 0. The number of rotatable bonds is 5. The lowest BCUT2D eigenvalue weighted by Gasteiger charge is -2.09. The zero-order chi connectivity index (χ0) is 10.4. The largest absolute Gasteiger partial charge is 0.157 e. The van der Waals surface area contributed by atoms with E-state index in [9.17, 15) is 0 Å². The average molecular weight is 208 g/mol. The van der Waals surface area contributed by atoms with Crippen LogP contribution < -0.4 is 0 Å². The number of benzene rings is 1. The van der Waals surface area contributed by atoms with E-state index in [1.807, 2.05) is 11.8 Å². The quantitative estimate of drug-likeness (QED) is 0.688. The molecule has 0 bridgehead atoms. The minimum Gasteiger partial charge on any atom is -0.157 e. The summed E-state index contributed by atoms with van der Waals surface area (Å²) in [7, 11) is 0. The molecule has 1 unspecified atom stereocenters. The maximum absolute atomic E-state index is 2.29. The van der Waals surface area contributed by atoms with Gasteiger partial charge in [-0.1, -0.05) is 45.0 Å². The summed E-state index contributed by atoms with van der Waals surface area (Å²) >= 11 is 1.98. The van der Waals surface area contributed by atoms with Gasteiger partial charge in [-0.15, -0.1) is 0 Å². The highest BCUT2D eigenvalue weighted by Gasteiger charge is 2.01. The van der Waals surface area contributed by atoms with Crippen LogP contribution in [0.2, 0.25) is 0 Å². The molecule has 0 N–H and O–H groups in total. The summed E-state index contributed by atoms with van der Waals surface area (Å²) in [5, 5.41) is 0. The molecule has 0 spiro atoms. The Labute approximate surface area is 92.1 Å². The molecule has 1 heteroatoms. The van der Waals surface area contributed by atoms with Crippen molar-refractivity contribution in [2.24, 2.45) is 0 Å². The summed E-state index contributed by atoms with van der Waals surface area (Å²) in [4.78, 5) is 0. The fourth-order valence-corrected chi connectivity index (χ4v) is 2.03. The van der Waals surface area contributed by atoms with Crippen LogP contribution >= 0.6 is 11.8 Å². The molecule has 1 atom stereocenters. The van der Waals surface area contributed by atoms with E-state index >= 15 is 0 Å². The normalized spacial score (nSPS) is 12.8. The van der Waals surface area contributed by atoms with Crippen LogP contribution in [0.4, 0.5) is 0 Å². The molecule has 0 aromatic heterocycles. The Hall–Kier alpha value is -0.430. The minimum absolute atomic E-state index is 0.697. The van der Waals surface area contributed by atoms with Gasteiger partial charge in [-0.2, -0.15) is 11.8 Å². The molecule has 1 aromatic rings. The minimum atomic E-state index is 0.697. The van der Waals surface area contributed by atoms with Gasteiger partial charge in [0.2, 0.25) is 0 Å². The lowest BCUT2D eigenvalue weighted by atomic mass is 9.98. The van der Waals surface area contributed by atoms with Gasteiger partial charge in [0.1, 0.15) is 0 Å². The molecule has 1 aromatic carbocycles. The van der Waals surface area contributed by atoms with Gasteiger partial charge in [-0.3, -0.25) is 0 Å². The molecule has 0 saturated heterocycles. The first-order valence-corrected chi connectivity index (χ1v) is 6.60. The summed E-state index contributed by atoms with van der Waals surface area (Å²) in [5.41, 5.74) is 2.92. The zero-order valence-corrected chi connectivity index (χ0v) is 10.2. The zero-order valence-electron chi connectivity index (χ0n) is 9.42.